The van der Waals surface area contributed by atoms with Gasteiger partial charge >= 0.3 is 19.8 Å². The van der Waals surface area contributed by atoms with E-state index in [-0.39, 0.29) is 25.6 Å². The summed E-state index contributed by atoms with van der Waals surface area (Å²) in [5, 5.41) is 0. The number of hydrogen-bond donors (Lipinski definition) is 1. The third kappa shape index (κ3) is 42.4. The number of phosphoric ester groups is 1. The van der Waals surface area contributed by atoms with Crippen molar-refractivity contribution in [1.82, 2.24) is 4.90 Å². The molecule has 2 unspecified atom stereocenters. The van der Waals surface area contributed by atoms with Gasteiger partial charge in [-0.3, -0.25) is 18.6 Å². The van der Waals surface area contributed by atoms with Crippen LogP contribution in [-0.4, -0.2) is 68.3 Å². The van der Waals surface area contributed by atoms with Gasteiger partial charge in [-0.25, -0.2) is 4.57 Å². The molecule has 0 saturated carbocycles. The minimum Gasteiger partial charge on any atom is -0.462 e. The predicted octanol–water partition coefficient (Wildman–Crippen LogP) is 13.6. The molecule has 9 nitrogen and oxygen atoms in total. The lowest BCUT2D eigenvalue weighted by Crippen LogP contribution is -2.29. The van der Waals surface area contributed by atoms with E-state index in [1.165, 1.54) is 161 Å². The average molecular weight is 816 g/mol. The van der Waals surface area contributed by atoms with Gasteiger partial charge in [0, 0.05) is 19.4 Å². The zero-order valence-corrected chi connectivity index (χ0v) is 38.0. The van der Waals surface area contributed by atoms with Gasteiger partial charge in [-0.15, -0.1) is 0 Å². The van der Waals surface area contributed by atoms with Crippen molar-refractivity contribution in [2.45, 2.75) is 232 Å². The van der Waals surface area contributed by atoms with Gasteiger partial charge in [-0.05, 0) is 52.6 Å². The van der Waals surface area contributed by atoms with Gasteiger partial charge in [0.1, 0.15) is 6.61 Å². The van der Waals surface area contributed by atoms with Crippen molar-refractivity contribution in [2.75, 3.05) is 40.5 Å². The molecule has 0 aromatic rings. The molecule has 0 aliphatic rings. The van der Waals surface area contributed by atoms with E-state index >= 15 is 0 Å². The Morgan fingerprint density at radius 1 is 0.536 bits per heavy atom. The van der Waals surface area contributed by atoms with Crippen LogP contribution in [0.4, 0.5) is 0 Å². The summed E-state index contributed by atoms with van der Waals surface area (Å²) in [6, 6.07) is 0. The van der Waals surface area contributed by atoms with Gasteiger partial charge in [0.25, 0.3) is 0 Å². The molecular formula is C46H90NO8P. The number of esters is 2. The van der Waals surface area contributed by atoms with E-state index in [1.54, 1.807) is 0 Å². The fraction of sp³-hybridized carbons (Fsp3) is 0.913. The van der Waals surface area contributed by atoms with Crippen molar-refractivity contribution in [3.05, 3.63) is 12.2 Å². The minimum absolute atomic E-state index is 0.0107. The van der Waals surface area contributed by atoms with Crippen LogP contribution in [-0.2, 0) is 32.7 Å². The standard InChI is InChI=1S/C46H90NO8P/c1-5-7-9-11-13-15-17-19-20-21-22-23-24-25-26-27-29-31-33-35-37-39-46(49)55-44(43-54-56(50,51)53-41-40-47(3)4)42-52-45(48)38-36-34-32-30-28-18-16-14-12-10-8-6-2/h19-20,44H,5-18,21-43H2,1-4H3,(H,50,51)/b20-19-. The summed E-state index contributed by atoms with van der Waals surface area (Å²) in [5.74, 6) is -0.792. The molecule has 0 aromatic heterocycles. The lowest BCUT2D eigenvalue weighted by atomic mass is 10.0. The third-order valence-electron chi connectivity index (χ3n) is 10.3. The summed E-state index contributed by atoms with van der Waals surface area (Å²) in [4.78, 5) is 37.0. The van der Waals surface area contributed by atoms with E-state index in [1.807, 2.05) is 19.0 Å². The summed E-state index contributed by atoms with van der Waals surface area (Å²) in [7, 11) is -0.701. The van der Waals surface area contributed by atoms with E-state index < -0.39 is 26.5 Å². The van der Waals surface area contributed by atoms with Crippen LogP contribution in [0.25, 0.3) is 0 Å². The van der Waals surface area contributed by atoms with Crippen molar-refractivity contribution >= 4 is 19.8 Å². The van der Waals surface area contributed by atoms with E-state index in [4.69, 9.17) is 18.5 Å². The highest BCUT2D eigenvalue weighted by Crippen LogP contribution is 2.43. The lowest BCUT2D eigenvalue weighted by Gasteiger charge is -2.20. The molecule has 0 bridgehead atoms. The zero-order valence-electron chi connectivity index (χ0n) is 37.1. The molecule has 0 radical (unpaired) electrons. The van der Waals surface area contributed by atoms with Crippen LogP contribution in [0.15, 0.2) is 12.2 Å². The highest BCUT2D eigenvalue weighted by molar-refractivity contribution is 7.47. The first-order valence-electron chi connectivity index (χ1n) is 23.5. The summed E-state index contributed by atoms with van der Waals surface area (Å²) >= 11 is 0. The van der Waals surface area contributed by atoms with Crippen LogP contribution in [0, 0.1) is 0 Å². The Bertz CT molecular complexity index is 946. The van der Waals surface area contributed by atoms with Crippen LogP contribution in [0.3, 0.4) is 0 Å². The van der Waals surface area contributed by atoms with Crippen LogP contribution < -0.4 is 0 Å². The van der Waals surface area contributed by atoms with Gasteiger partial charge in [-0.1, -0.05) is 187 Å². The first kappa shape index (κ1) is 54.8. The Morgan fingerprint density at radius 3 is 1.32 bits per heavy atom. The zero-order chi connectivity index (χ0) is 41.2. The number of hydrogen-bond acceptors (Lipinski definition) is 8. The molecule has 56 heavy (non-hydrogen) atoms. The summed E-state index contributed by atoms with van der Waals surface area (Å²) in [5.41, 5.74) is 0. The van der Waals surface area contributed by atoms with E-state index in [2.05, 4.69) is 26.0 Å². The molecule has 0 fully saturated rings. The van der Waals surface area contributed by atoms with E-state index in [0.717, 1.165) is 32.1 Å². The second-order valence-corrected chi connectivity index (χ2v) is 17.7. The Kier molecular flexibility index (Phi) is 41.0. The molecule has 1 N–H and O–H groups in total. The molecule has 0 aliphatic heterocycles. The fourth-order valence-corrected chi connectivity index (χ4v) is 7.43. The van der Waals surface area contributed by atoms with Crippen molar-refractivity contribution in [1.29, 1.82) is 0 Å². The number of likely N-dealkylation sites (N-methyl/N-ethyl adjacent to an activating group) is 1. The maximum atomic E-state index is 12.7. The Hall–Kier alpha value is -1.25. The number of allylic oxidation sites excluding steroid dienone is 2. The number of unbranched alkanes of at least 4 members (excludes halogenated alkanes) is 28. The Morgan fingerprint density at radius 2 is 0.911 bits per heavy atom. The second kappa shape index (κ2) is 41.9. The average Bonchev–Trinajstić information content (AvgIpc) is 3.16. The molecular weight excluding hydrogens is 725 g/mol. The maximum Gasteiger partial charge on any atom is 0.472 e. The first-order valence-corrected chi connectivity index (χ1v) is 25.0. The normalized spacial score (nSPS) is 13.4. The summed E-state index contributed by atoms with van der Waals surface area (Å²) in [6.45, 7) is 4.35. The molecule has 10 heteroatoms. The summed E-state index contributed by atoms with van der Waals surface area (Å²) in [6.07, 6.45) is 42.6. The predicted molar refractivity (Wildman–Crippen MR) is 234 cm³/mol. The van der Waals surface area contributed by atoms with Gasteiger partial charge in [-0.2, -0.15) is 0 Å². The molecule has 0 aromatic carbocycles. The van der Waals surface area contributed by atoms with Crippen molar-refractivity contribution in [3.8, 4) is 0 Å². The molecule has 0 spiro atoms. The number of ether oxygens (including phenoxy) is 2. The fourth-order valence-electron chi connectivity index (χ4n) is 6.68. The van der Waals surface area contributed by atoms with Gasteiger partial charge in [0.15, 0.2) is 6.10 Å². The number of nitrogens with zero attached hydrogens (tertiary/aromatic N) is 1. The minimum atomic E-state index is -4.36. The maximum absolute atomic E-state index is 12.7. The highest BCUT2D eigenvalue weighted by Gasteiger charge is 2.26. The molecule has 0 amide bonds. The number of carbonyl (C=O) groups is 2. The Balaban J connectivity index is 4.17. The highest BCUT2D eigenvalue weighted by atomic mass is 31.2. The third-order valence-corrected chi connectivity index (χ3v) is 11.3. The van der Waals surface area contributed by atoms with Gasteiger partial charge < -0.3 is 19.3 Å². The lowest BCUT2D eigenvalue weighted by molar-refractivity contribution is -0.161. The number of rotatable bonds is 44. The van der Waals surface area contributed by atoms with Crippen LogP contribution in [0.5, 0.6) is 0 Å². The van der Waals surface area contributed by atoms with Gasteiger partial charge in [0.05, 0.1) is 13.2 Å². The molecule has 0 aliphatic carbocycles. The van der Waals surface area contributed by atoms with Gasteiger partial charge in [0.2, 0.25) is 0 Å². The van der Waals surface area contributed by atoms with Crippen molar-refractivity contribution in [2.24, 2.45) is 0 Å². The largest absolute Gasteiger partial charge is 0.472 e. The van der Waals surface area contributed by atoms with Crippen LogP contribution in [0.2, 0.25) is 0 Å². The van der Waals surface area contributed by atoms with E-state index in [9.17, 15) is 19.0 Å². The topological polar surface area (TPSA) is 112 Å². The SMILES string of the molecule is CCCCCCCC/C=C\CCCCCCCCCCCCCC(=O)OC(COC(=O)CCCCCCCCCCCCCC)COP(=O)(O)OCCN(C)C. The molecule has 332 valence electrons. The smallest absolute Gasteiger partial charge is 0.462 e. The van der Waals surface area contributed by atoms with E-state index in [0.29, 0.717) is 19.4 Å². The number of carbonyl (C=O) groups excluding carboxylic acids is 2. The monoisotopic (exact) mass is 816 g/mol. The molecule has 0 heterocycles. The Labute approximate surface area is 345 Å². The quantitative estimate of drug-likeness (QED) is 0.0278. The molecule has 0 saturated heterocycles. The van der Waals surface area contributed by atoms with Crippen molar-refractivity contribution in [3.63, 3.8) is 0 Å². The van der Waals surface area contributed by atoms with Crippen LogP contribution in [0.1, 0.15) is 226 Å². The van der Waals surface area contributed by atoms with Crippen molar-refractivity contribution < 1.29 is 37.6 Å². The summed E-state index contributed by atoms with van der Waals surface area (Å²) < 4.78 is 33.5. The number of phosphoric acid groups is 1. The van der Waals surface area contributed by atoms with Crippen LogP contribution >= 0.6 is 7.82 Å². The molecule has 0 rings (SSSR count). The second-order valence-electron chi connectivity index (χ2n) is 16.3. The first-order chi connectivity index (χ1) is 27.2. The molecule has 2 atom stereocenters.